The summed E-state index contributed by atoms with van der Waals surface area (Å²) in [5.74, 6) is 0.153. The highest BCUT2D eigenvalue weighted by atomic mass is 16.3. The van der Waals surface area contributed by atoms with Crippen LogP contribution in [0.25, 0.3) is 0 Å². The maximum Gasteiger partial charge on any atom is 0.247 e. The zero-order valence-corrected chi connectivity index (χ0v) is 9.73. The first-order valence-electron chi connectivity index (χ1n) is 5.97. The lowest BCUT2D eigenvalue weighted by atomic mass is 9.92. The minimum atomic E-state index is -0.0506. The summed E-state index contributed by atoms with van der Waals surface area (Å²) in [5, 5.41) is 11.4. The summed E-state index contributed by atoms with van der Waals surface area (Å²) in [7, 11) is 0. The molecule has 0 spiro atoms. The lowest BCUT2D eigenvalue weighted by molar-refractivity contribution is -0.117. The number of nitrogens with one attached hydrogen (secondary N) is 1. The number of rotatable bonds is 4. The van der Waals surface area contributed by atoms with E-state index in [9.17, 15) is 4.79 Å². The van der Waals surface area contributed by atoms with Crippen LogP contribution in [0.5, 0.6) is 0 Å². The molecule has 2 rings (SSSR count). The Hall–Kier alpha value is -1.61. The molecular formula is C14H17NO2. The smallest absolute Gasteiger partial charge is 0.247 e. The molecule has 1 aromatic carbocycles. The second-order valence-corrected chi connectivity index (χ2v) is 4.18. The Morgan fingerprint density at radius 3 is 2.82 bits per heavy atom. The largest absolute Gasteiger partial charge is 0.395 e. The van der Waals surface area contributed by atoms with Gasteiger partial charge in [-0.1, -0.05) is 36.4 Å². The quantitative estimate of drug-likeness (QED) is 0.827. The molecule has 1 atom stereocenters. The molecule has 2 N–H and O–H groups in total. The van der Waals surface area contributed by atoms with Crippen LogP contribution in [0.1, 0.15) is 24.3 Å². The molecule has 90 valence electrons. The van der Waals surface area contributed by atoms with E-state index in [4.69, 9.17) is 5.11 Å². The fourth-order valence-corrected chi connectivity index (χ4v) is 2.26. The van der Waals surface area contributed by atoms with Gasteiger partial charge in [0.05, 0.1) is 6.61 Å². The van der Waals surface area contributed by atoms with E-state index < -0.39 is 0 Å². The second kappa shape index (κ2) is 5.64. The highest BCUT2D eigenvalue weighted by Gasteiger charge is 2.25. The van der Waals surface area contributed by atoms with E-state index in [1.807, 2.05) is 24.3 Å². The fourth-order valence-electron chi connectivity index (χ4n) is 2.26. The van der Waals surface area contributed by atoms with Crippen LogP contribution in [0.3, 0.4) is 0 Å². The van der Waals surface area contributed by atoms with Crippen molar-refractivity contribution in [2.75, 3.05) is 13.2 Å². The highest BCUT2D eigenvalue weighted by molar-refractivity contribution is 5.95. The van der Waals surface area contributed by atoms with Gasteiger partial charge >= 0.3 is 0 Å². The molecule has 0 radical (unpaired) electrons. The fraction of sp³-hybridized carbons (Fsp3) is 0.357. The third-order valence-electron chi connectivity index (χ3n) is 3.06. The monoisotopic (exact) mass is 231 g/mol. The third-order valence-corrected chi connectivity index (χ3v) is 3.06. The van der Waals surface area contributed by atoms with E-state index in [2.05, 4.69) is 17.4 Å². The summed E-state index contributed by atoms with van der Waals surface area (Å²) in [5.41, 5.74) is 2.03. The van der Waals surface area contributed by atoms with E-state index in [1.54, 1.807) is 0 Å². The molecule has 0 saturated carbocycles. The normalized spacial score (nSPS) is 18.9. The number of aliphatic hydroxyl groups is 1. The van der Waals surface area contributed by atoms with Gasteiger partial charge in [-0.2, -0.15) is 0 Å². The van der Waals surface area contributed by atoms with Crippen LogP contribution >= 0.6 is 0 Å². The molecule has 1 aromatic rings. The van der Waals surface area contributed by atoms with Crippen LogP contribution in [0.2, 0.25) is 0 Å². The topological polar surface area (TPSA) is 49.3 Å². The molecule has 1 unspecified atom stereocenters. The van der Waals surface area contributed by atoms with Gasteiger partial charge in [-0.05, 0) is 18.4 Å². The van der Waals surface area contributed by atoms with Crippen molar-refractivity contribution in [2.24, 2.45) is 0 Å². The SMILES string of the molecule is O=C(NCCO)C1=CCCC1c1ccccc1. The van der Waals surface area contributed by atoms with Crippen molar-refractivity contribution in [1.29, 1.82) is 0 Å². The molecule has 0 saturated heterocycles. The molecule has 0 fully saturated rings. The number of amides is 1. The first-order valence-corrected chi connectivity index (χ1v) is 5.97. The Bertz CT molecular complexity index is 411. The first-order chi connectivity index (χ1) is 8.33. The zero-order valence-electron chi connectivity index (χ0n) is 9.73. The summed E-state index contributed by atoms with van der Waals surface area (Å²) < 4.78 is 0. The lowest BCUT2D eigenvalue weighted by Gasteiger charge is -2.15. The van der Waals surface area contributed by atoms with Crippen molar-refractivity contribution in [2.45, 2.75) is 18.8 Å². The van der Waals surface area contributed by atoms with Crippen molar-refractivity contribution in [3.8, 4) is 0 Å². The van der Waals surface area contributed by atoms with E-state index in [0.717, 1.165) is 18.4 Å². The molecule has 17 heavy (non-hydrogen) atoms. The minimum absolute atomic E-state index is 0.0188. The van der Waals surface area contributed by atoms with E-state index in [1.165, 1.54) is 5.56 Å². The summed E-state index contributed by atoms with van der Waals surface area (Å²) in [6.07, 6.45) is 3.94. The van der Waals surface area contributed by atoms with E-state index in [-0.39, 0.29) is 18.4 Å². The van der Waals surface area contributed by atoms with Crippen LogP contribution in [0.4, 0.5) is 0 Å². The summed E-state index contributed by atoms with van der Waals surface area (Å²) in [4.78, 5) is 11.9. The third kappa shape index (κ3) is 2.74. The first kappa shape index (κ1) is 11.9. The Balaban J connectivity index is 2.10. The molecule has 3 heteroatoms. The van der Waals surface area contributed by atoms with E-state index in [0.29, 0.717) is 6.54 Å². The van der Waals surface area contributed by atoms with Gasteiger partial charge in [0.2, 0.25) is 5.91 Å². The number of aliphatic hydroxyl groups excluding tert-OH is 1. The molecule has 1 amide bonds. The van der Waals surface area contributed by atoms with Crippen molar-refractivity contribution in [3.63, 3.8) is 0 Å². The maximum atomic E-state index is 11.9. The molecular weight excluding hydrogens is 214 g/mol. The van der Waals surface area contributed by atoms with Crippen LogP contribution < -0.4 is 5.32 Å². The lowest BCUT2D eigenvalue weighted by Crippen LogP contribution is -2.29. The molecule has 0 aromatic heterocycles. The van der Waals surface area contributed by atoms with Gasteiger partial charge in [-0.15, -0.1) is 0 Å². The van der Waals surface area contributed by atoms with Crippen LogP contribution in [0.15, 0.2) is 42.0 Å². The van der Waals surface area contributed by atoms with Crippen molar-refractivity contribution < 1.29 is 9.90 Å². The Kier molecular flexibility index (Phi) is 3.94. The second-order valence-electron chi connectivity index (χ2n) is 4.18. The summed E-state index contributed by atoms with van der Waals surface area (Å²) in [6.45, 7) is 0.298. The van der Waals surface area contributed by atoms with Crippen LogP contribution in [0, 0.1) is 0 Å². The molecule has 0 bridgehead atoms. The number of carbonyl (C=O) groups is 1. The predicted molar refractivity (Wildman–Crippen MR) is 66.6 cm³/mol. The Morgan fingerprint density at radius 2 is 2.12 bits per heavy atom. The standard InChI is InChI=1S/C14H17NO2/c16-10-9-15-14(17)13-8-4-7-12(13)11-5-2-1-3-6-11/h1-3,5-6,8,12,16H,4,7,9-10H2,(H,15,17). The van der Waals surface area contributed by atoms with Gasteiger partial charge in [0, 0.05) is 18.0 Å². The van der Waals surface area contributed by atoms with Crippen LogP contribution in [-0.2, 0) is 4.79 Å². The molecule has 0 heterocycles. The van der Waals surface area contributed by atoms with Crippen molar-refractivity contribution in [1.82, 2.24) is 5.32 Å². The van der Waals surface area contributed by atoms with Crippen molar-refractivity contribution in [3.05, 3.63) is 47.5 Å². The average Bonchev–Trinajstić information content (AvgIpc) is 2.86. The predicted octanol–water partition coefficient (Wildman–Crippen LogP) is 1.60. The number of carbonyl (C=O) groups excluding carboxylic acids is 1. The minimum Gasteiger partial charge on any atom is -0.395 e. The van der Waals surface area contributed by atoms with Gasteiger partial charge in [-0.3, -0.25) is 4.79 Å². The number of allylic oxidation sites excluding steroid dienone is 1. The van der Waals surface area contributed by atoms with Crippen molar-refractivity contribution >= 4 is 5.91 Å². The van der Waals surface area contributed by atoms with Gasteiger partial charge < -0.3 is 10.4 Å². The molecule has 1 aliphatic carbocycles. The molecule has 3 nitrogen and oxygen atoms in total. The average molecular weight is 231 g/mol. The van der Waals surface area contributed by atoms with Gasteiger partial charge in [0.25, 0.3) is 0 Å². The number of hydrogen-bond acceptors (Lipinski definition) is 2. The molecule has 0 aliphatic heterocycles. The Morgan fingerprint density at radius 1 is 1.35 bits per heavy atom. The highest BCUT2D eigenvalue weighted by Crippen LogP contribution is 2.34. The zero-order chi connectivity index (χ0) is 12.1. The Labute approximate surface area is 101 Å². The van der Waals surface area contributed by atoms with Gasteiger partial charge in [0.1, 0.15) is 0 Å². The number of hydrogen-bond donors (Lipinski definition) is 2. The van der Waals surface area contributed by atoms with Crippen LogP contribution in [-0.4, -0.2) is 24.2 Å². The summed E-state index contributed by atoms with van der Waals surface area (Å²) >= 11 is 0. The van der Waals surface area contributed by atoms with Gasteiger partial charge in [0.15, 0.2) is 0 Å². The summed E-state index contributed by atoms with van der Waals surface area (Å²) in [6, 6.07) is 10.1. The molecule has 1 aliphatic rings. The van der Waals surface area contributed by atoms with Gasteiger partial charge in [-0.25, -0.2) is 0 Å². The van der Waals surface area contributed by atoms with E-state index >= 15 is 0 Å². The maximum absolute atomic E-state index is 11.9. The number of benzene rings is 1.